The van der Waals surface area contributed by atoms with E-state index in [1.807, 2.05) is 24.5 Å². The zero-order chi connectivity index (χ0) is 13.5. The molecule has 0 atom stereocenters. The van der Waals surface area contributed by atoms with E-state index in [0.717, 1.165) is 37.3 Å². The van der Waals surface area contributed by atoms with E-state index in [1.54, 1.807) is 6.20 Å². The fourth-order valence-corrected chi connectivity index (χ4v) is 1.87. The molecule has 0 saturated heterocycles. The predicted octanol–water partition coefficient (Wildman–Crippen LogP) is 1.78. The number of anilines is 1. The number of hydrogen-bond acceptors (Lipinski definition) is 4. The average molecular weight is 256 g/mol. The van der Waals surface area contributed by atoms with Gasteiger partial charge in [-0.25, -0.2) is 0 Å². The number of rotatable bonds is 6. The maximum Gasteiger partial charge on any atom is 0.0501 e. The van der Waals surface area contributed by atoms with Gasteiger partial charge in [0.15, 0.2) is 0 Å². The molecule has 2 heterocycles. The first kappa shape index (κ1) is 13.5. The van der Waals surface area contributed by atoms with Gasteiger partial charge in [-0.1, -0.05) is 0 Å². The third kappa shape index (κ3) is 4.67. The van der Waals surface area contributed by atoms with E-state index in [1.165, 1.54) is 5.56 Å². The molecule has 4 nitrogen and oxygen atoms in total. The molecule has 0 spiro atoms. The molecule has 2 rings (SSSR count). The minimum Gasteiger partial charge on any atom is -0.397 e. The van der Waals surface area contributed by atoms with Crippen LogP contribution in [0.4, 0.5) is 5.69 Å². The van der Waals surface area contributed by atoms with Gasteiger partial charge in [0, 0.05) is 37.6 Å². The van der Waals surface area contributed by atoms with E-state index in [4.69, 9.17) is 5.73 Å². The van der Waals surface area contributed by atoms with Crippen LogP contribution in [-0.4, -0.2) is 35.0 Å². The molecule has 2 N–H and O–H groups in total. The van der Waals surface area contributed by atoms with Gasteiger partial charge in [0.1, 0.15) is 0 Å². The maximum absolute atomic E-state index is 5.62. The molecule has 19 heavy (non-hydrogen) atoms. The highest BCUT2D eigenvalue weighted by molar-refractivity contribution is 5.34. The number of pyridine rings is 2. The molecule has 0 fully saturated rings. The van der Waals surface area contributed by atoms with E-state index < -0.39 is 0 Å². The Bertz CT molecular complexity index is 481. The summed E-state index contributed by atoms with van der Waals surface area (Å²) >= 11 is 0. The predicted molar refractivity (Wildman–Crippen MR) is 77.8 cm³/mol. The average Bonchev–Trinajstić information content (AvgIpc) is 2.45. The molecule has 0 aliphatic rings. The lowest BCUT2D eigenvalue weighted by Crippen LogP contribution is -2.24. The zero-order valence-corrected chi connectivity index (χ0v) is 11.3. The van der Waals surface area contributed by atoms with Crippen molar-refractivity contribution in [3.63, 3.8) is 0 Å². The largest absolute Gasteiger partial charge is 0.397 e. The summed E-state index contributed by atoms with van der Waals surface area (Å²) in [6, 6.07) is 8.02. The van der Waals surface area contributed by atoms with Crippen molar-refractivity contribution in [3.8, 4) is 0 Å². The van der Waals surface area contributed by atoms with Crippen LogP contribution < -0.4 is 5.73 Å². The van der Waals surface area contributed by atoms with Crippen molar-refractivity contribution in [2.75, 3.05) is 25.9 Å². The Kier molecular flexibility index (Phi) is 4.86. The molecular weight excluding hydrogens is 236 g/mol. The molecule has 4 heteroatoms. The molecule has 2 aromatic heterocycles. The van der Waals surface area contributed by atoms with Crippen molar-refractivity contribution >= 4 is 5.69 Å². The van der Waals surface area contributed by atoms with Crippen molar-refractivity contribution in [2.24, 2.45) is 0 Å². The SMILES string of the molecule is CN(CCc1ccncc1)CCc1ccc(N)cn1. The monoisotopic (exact) mass is 256 g/mol. The van der Waals surface area contributed by atoms with Crippen LogP contribution in [0, 0.1) is 0 Å². The second kappa shape index (κ2) is 6.85. The third-order valence-electron chi connectivity index (χ3n) is 3.13. The van der Waals surface area contributed by atoms with Gasteiger partial charge in [0.25, 0.3) is 0 Å². The summed E-state index contributed by atoms with van der Waals surface area (Å²) < 4.78 is 0. The van der Waals surface area contributed by atoms with Crippen molar-refractivity contribution in [1.29, 1.82) is 0 Å². The maximum atomic E-state index is 5.62. The van der Waals surface area contributed by atoms with Gasteiger partial charge in [0.05, 0.1) is 11.9 Å². The van der Waals surface area contributed by atoms with Gasteiger partial charge < -0.3 is 10.6 Å². The van der Waals surface area contributed by atoms with Crippen LogP contribution in [0.1, 0.15) is 11.3 Å². The van der Waals surface area contributed by atoms with Crippen LogP contribution in [0.5, 0.6) is 0 Å². The number of nitrogen functional groups attached to an aromatic ring is 1. The molecule has 100 valence electrons. The van der Waals surface area contributed by atoms with Crippen molar-refractivity contribution in [1.82, 2.24) is 14.9 Å². The summed E-state index contributed by atoms with van der Waals surface area (Å²) in [5.41, 5.74) is 8.75. The topological polar surface area (TPSA) is 55.0 Å². The van der Waals surface area contributed by atoms with Crippen molar-refractivity contribution in [3.05, 3.63) is 54.1 Å². The highest BCUT2D eigenvalue weighted by Crippen LogP contribution is 2.03. The smallest absolute Gasteiger partial charge is 0.0501 e. The summed E-state index contributed by atoms with van der Waals surface area (Å²) in [6.45, 7) is 2.04. The number of nitrogens with two attached hydrogens (primary N) is 1. The molecule has 0 aliphatic carbocycles. The first-order valence-electron chi connectivity index (χ1n) is 6.52. The Balaban J connectivity index is 1.72. The van der Waals surface area contributed by atoms with Crippen LogP contribution in [0.15, 0.2) is 42.9 Å². The zero-order valence-electron chi connectivity index (χ0n) is 11.3. The Hall–Kier alpha value is -1.94. The third-order valence-corrected chi connectivity index (χ3v) is 3.13. The lowest BCUT2D eigenvalue weighted by Gasteiger charge is -2.16. The van der Waals surface area contributed by atoms with Crippen LogP contribution in [0.25, 0.3) is 0 Å². The van der Waals surface area contributed by atoms with Gasteiger partial charge >= 0.3 is 0 Å². The summed E-state index contributed by atoms with van der Waals surface area (Å²) in [5.74, 6) is 0. The Labute approximate surface area is 114 Å². The Morgan fingerprint density at radius 3 is 2.47 bits per heavy atom. The molecule has 2 aromatic rings. The summed E-state index contributed by atoms with van der Waals surface area (Å²) in [6.07, 6.45) is 7.40. The highest BCUT2D eigenvalue weighted by Gasteiger charge is 2.01. The molecule has 0 aromatic carbocycles. The molecule has 0 aliphatic heterocycles. The summed E-state index contributed by atoms with van der Waals surface area (Å²) in [7, 11) is 2.14. The van der Waals surface area contributed by atoms with Crippen LogP contribution in [0.2, 0.25) is 0 Å². The number of aromatic nitrogens is 2. The summed E-state index contributed by atoms with van der Waals surface area (Å²) in [4.78, 5) is 10.6. The number of hydrogen-bond donors (Lipinski definition) is 1. The second-order valence-electron chi connectivity index (χ2n) is 4.74. The number of likely N-dealkylation sites (N-methyl/N-ethyl adjacent to an activating group) is 1. The fraction of sp³-hybridized carbons (Fsp3) is 0.333. The summed E-state index contributed by atoms with van der Waals surface area (Å²) in [5, 5.41) is 0. The Morgan fingerprint density at radius 2 is 1.79 bits per heavy atom. The van der Waals surface area contributed by atoms with Crippen LogP contribution >= 0.6 is 0 Å². The van der Waals surface area contributed by atoms with Gasteiger partial charge in [-0.05, 0) is 43.3 Å². The molecular formula is C15H20N4. The normalized spacial score (nSPS) is 10.8. The first-order chi connectivity index (χ1) is 9.24. The fourth-order valence-electron chi connectivity index (χ4n) is 1.87. The first-order valence-corrected chi connectivity index (χ1v) is 6.52. The minimum atomic E-state index is 0.717. The molecule has 0 saturated carbocycles. The number of nitrogens with zero attached hydrogens (tertiary/aromatic N) is 3. The minimum absolute atomic E-state index is 0.717. The lowest BCUT2D eigenvalue weighted by atomic mass is 10.2. The van der Waals surface area contributed by atoms with E-state index in [0.29, 0.717) is 0 Å². The van der Waals surface area contributed by atoms with Crippen LogP contribution in [0.3, 0.4) is 0 Å². The van der Waals surface area contributed by atoms with Gasteiger partial charge in [-0.2, -0.15) is 0 Å². The standard InChI is InChI=1S/C15H20N4/c1-19(10-6-13-4-8-17-9-5-13)11-7-15-3-2-14(16)12-18-15/h2-5,8-9,12H,6-7,10-11,16H2,1H3. The highest BCUT2D eigenvalue weighted by atomic mass is 15.1. The Morgan fingerprint density at radius 1 is 1.05 bits per heavy atom. The van der Waals surface area contributed by atoms with Crippen LogP contribution in [-0.2, 0) is 12.8 Å². The lowest BCUT2D eigenvalue weighted by molar-refractivity contribution is 0.341. The molecule has 0 radical (unpaired) electrons. The quantitative estimate of drug-likeness (QED) is 0.856. The van der Waals surface area contributed by atoms with Gasteiger partial charge in [-0.3, -0.25) is 9.97 Å². The van der Waals surface area contributed by atoms with E-state index in [-0.39, 0.29) is 0 Å². The second-order valence-corrected chi connectivity index (χ2v) is 4.74. The van der Waals surface area contributed by atoms with E-state index in [2.05, 4.69) is 34.0 Å². The van der Waals surface area contributed by atoms with Crippen molar-refractivity contribution in [2.45, 2.75) is 12.8 Å². The van der Waals surface area contributed by atoms with Gasteiger partial charge in [-0.15, -0.1) is 0 Å². The molecule has 0 bridgehead atoms. The van der Waals surface area contributed by atoms with Crippen molar-refractivity contribution < 1.29 is 0 Å². The van der Waals surface area contributed by atoms with E-state index >= 15 is 0 Å². The van der Waals surface area contributed by atoms with E-state index in [9.17, 15) is 0 Å². The van der Waals surface area contributed by atoms with Gasteiger partial charge in [0.2, 0.25) is 0 Å². The molecule has 0 unspecified atom stereocenters. The molecule has 0 amide bonds.